The molecule has 0 bridgehead atoms. The first-order chi connectivity index (χ1) is 23.6. The van der Waals surface area contributed by atoms with E-state index in [1.807, 2.05) is 12.1 Å². The quantitative estimate of drug-likeness (QED) is 0.156. The molecule has 4 fully saturated rings. The van der Waals surface area contributed by atoms with E-state index in [2.05, 4.69) is 59.5 Å². The van der Waals surface area contributed by atoms with Gasteiger partial charge in [0.05, 0.1) is 5.56 Å². The first-order valence-corrected chi connectivity index (χ1v) is 19.6. The second-order valence-corrected chi connectivity index (χ2v) is 18.7. The monoisotopic (exact) mass is 682 g/mol. The molecule has 6 heteroatoms. The van der Waals surface area contributed by atoms with Crippen LogP contribution in [0.15, 0.2) is 54.6 Å². The molecule has 4 N–H and O–H groups in total. The normalized spacial score (nSPS) is 38.7. The number of aromatic nitrogens is 1. The molecule has 1 heterocycles. The molecule has 5 aliphatic rings. The molecule has 7 rings (SSSR count). The Hall–Kier alpha value is -2.99. The number of nitrogens with zero attached hydrogens (tertiary/aromatic N) is 1. The number of hydrogen-bond acceptors (Lipinski definition) is 4. The number of allylic oxidation sites excluding steroid dienone is 3. The summed E-state index contributed by atoms with van der Waals surface area (Å²) in [5, 5.41) is 33.5. The Morgan fingerprint density at radius 1 is 0.880 bits per heavy atom. The lowest BCUT2D eigenvalue weighted by Crippen LogP contribution is -2.65. The van der Waals surface area contributed by atoms with Crippen LogP contribution in [0.2, 0.25) is 0 Å². The molecular weight excluding hydrogens is 620 g/mol. The van der Waals surface area contributed by atoms with Crippen molar-refractivity contribution in [2.24, 2.45) is 56.7 Å². The van der Waals surface area contributed by atoms with Crippen molar-refractivity contribution in [2.45, 2.75) is 112 Å². The Bertz CT molecular complexity index is 1650. The van der Waals surface area contributed by atoms with Gasteiger partial charge in [-0.15, -0.1) is 0 Å². The molecule has 1 aromatic heterocycles. The van der Waals surface area contributed by atoms with E-state index in [1.54, 1.807) is 28.8 Å². The van der Waals surface area contributed by atoms with Crippen LogP contribution in [-0.4, -0.2) is 38.9 Å². The van der Waals surface area contributed by atoms with Crippen LogP contribution >= 0.6 is 0 Å². The first kappa shape index (κ1) is 35.4. The van der Waals surface area contributed by atoms with Crippen molar-refractivity contribution in [1.82, 2.24) is 9.88 Å². The maximum atomic E-state index is 11.6. The molecule has 0 amide bonds. The minimum Gasteiger partial charge on any atom is -0.494 e. The summed E-state index contributed by atoms with van der Waals surface area (Å²) in [7, 11) is 0. The van der Waals surface area contributed by atoms with Crippen LogP contribution in [0.4, 0.5) is 0 Å². The van der Waals surface area contributed by atoms with Crippen molar-refractivity contribution in [2.75, 3.05) is 13.1 Å². The zero-order valence-corrected chi connectivity index (χ0v) is 31.5. The van der Waals surface area contributed by atoms with E-state index >= 15 is 0 Å². The highest BCUT2D eigenvalue weighted by atomic mass is 16.4. The summed E-state index contributed by atoms with van der Waals surface area (Å²) < 4.78 is 1.58. The van der Waals surface area contributed by atoms with Crippen molar-refractivity contribution in [1.29, 1.82) is 0 Å². The van der Waals surface area contributed by atoms with E-state index in [-0.39, 0.29) is 28.0 Å². The Morgan fingerprint density at radius 2 is 1.58 bits per heavy atom. The van der Waals surface area contributed by atoms with Crippen molar-refractivity contribution >= 4 is 11.5 Å². The molecule has 9 unspecified atom stereocenters. The number of carboxylic acid groups (broad SMARTS) is 1. The smallest absolute Gasteiger partial charge is 0.335 e. The maximum absolute atomic E-state index is 11.6. The molecule has 0 saturated heterocycles. The average Bonchev–Trinajstić information content (AvgIpc) is 3.60. The number of nitrogens with one attached hydrogen (secondary N) is 1. The highest BCUT2D eigenvalue weighted by molar-refractivity contribution is 5.88. The zero-order chi connectivity index (χ0) is 35.9. The third-order valence-corrected chi connectivity index (χ3v) is 16.4. The number of aromatic hydroxyl groups is 2. The van der Waals surface area contributed by atoms with Crippen LogP contribution < -0.4 is 5.32 Å². The van der Waals surface area contributed by atoms with Crippen LogP contribution in [-0.2, 0) is 6.54 Å². The van der Waals surface area contributed by atoms with Gasteiger partial charge in [0.2, 0.25) is 0 Å². The van der Waals surface area contributed by atoms with Gasteiger partial charge in [-0.25, -0.2) is 4.79 Å². The molecule has 6 nitrogen and oxygen atoms in total. The van der Waals surface area contributed by atoms with Gasteiger partial charge in [-0.1, -0.05) is 65.0 Å². The van der Waals surface area contributed by atoms with E-state index in [1.165, 1.54) is 68.1 Å². The summed E-state index contributed by atoms with van der Waals surface area (Å²) >= 11 is 0. The largest absolute Gasteiger partial charge is 0.494 e. The van der Waals surface area contributed by atoms with Crippen molar-refractivity contribution in [3.05, 3.63) is 65.8 Å². The molecule has 0 aliphatic heterocycles. The second kappa shape index (κ2) is 12.3. The van der Waals surface area contributed by atoms with E-state index in [9.17, 15) is 20.1 Å². The van der Waals surface area contributed by atoms with Gasteiger partial charge in [-0.05, 0) is 158 Å². The van der Waals surface area contributed by atoms with Crippen LogP contribution in [0.5, 0.6) is 11.8 Å². The van der Waals surface area contributed by atoms with E-state index in [0.29, 0.717) is 52.5 Å². The lowest BCUT2D eigenvalue weighted by atomic mass is 9.32. The third-order valence-electron chi connectivity index (χ3n) is 16.4. The zero-order valence-electron chi connectivity index (χ0n) is 31.5. The summed E-state index contributed by atoms with van der Waals surface area (Å²) in [6.07, 6.45) is 14.8. The summed E-state index contributed by atoms with van der Waals surface area (Å²) in [6.45, 7) is 22.4. The standard InChI is InChI=1S/C44H62N2O4/c1-28(2)31-17-22-44(27-45-25-8-26-46-36(47)15-16-37(46)48)24-23-42(6)33(38(31)44)13-14-35-41(5)20-18-32(29-9-11-30(12-10-29)39(49)50)40(3,4)34(41)19-21-43(35,42)7/h9-12,15-16,18,31,33-35,38,45,47-48H,1,8,13-14,17,19-27H2,2-7H3,(H,49,50). The molecule has 50 heavy (non-hydrogen) atoms. The number of fused-ring (bicyclic) bond motifs is 7. The Balaban J connectivity index is 1.13. The third kappa shape index (κ3) is 5.16. The fraction of sp³-hybridized carbons (Fsp3) is 0.659. The number of aromatic carboxylic acids is 1. The summed E-state index contributed by atoms with van der Waals surface area (Å²) in [6, 6.07) is 10.7. The minimum atomic E-state index is -0.868. The first-order valence-electron chi connectivity index (χ1n) is 19.6. The molecule has 9 atom stereocenters. The van der Waals surface area contributed by atoms with Crippen molar-refractivity contribution in [3.63, 3.8) is 0 Å². The van der Waals surface area contributed by atoms with Crippen molar-refractivity contribution < 1.29 is 20.1 Å². The molecule has 0 radical (unpaired) electrons. The summed E-state index contributed by atoms with van der Waals surface area (Å²) in [5.74, 6) is 2.60. The summed E-state index contributed by atoms with van der Waals surface area (Å²) in [4.78, 5) is 11.6. The summed E-state index contributed by atoms with van der Waals surface area (Å²) in [5.41, 5.74) is 5.43. The average molecular weight is 683 g/mol. The van der Waals surface area contributed by atoms with Crippen molar-refractivity contribution in [3.8, 4) is 11.8 Å². The minimum absolute atomic E-state index is 0.0134. The van der Waals surface area contributed by atoms with E-state index in [0.717, 1.165) is 25.9 Å². The van der Waals surface area contributed by atoms with Crippen LogP contribution in [0.25, 0.3) is 5.57 Å². The number of carbonyl (C=O) groups is 1. The fourth-order valence-corrected chi connectivity index (χ4v) is 13.9. The van der Waals surface area contributed by atoms with Gasteiger partial charge in [0, 0.05) is 25.2 Å². The van der Waals surface area contributed by atoms with Crippen LogP contribution in [0.3, 0.4) is 0 Å². The highest BCUT2D eigenvalue weighted by Crippen LogP contribution is 2.77. The topological polar surface area (TPSA) is 94.7 Å². The predicted octanol–water partition coefficient (Wildman–Crippen LogP) is 9.93. The predicted molar refractivity (Wildman–Crippen MR) is 201 cm³/mol. The fourth-order valence-electron chi connectivity index (χ4n) is 13.9. The number of hydrogen-bond donors (Lipinski definition) is 4. The lowest BCUT2D eigenvalue weighted by Gasteiger charge is -2.72. The molecular formula is C44H62N2O4. The SMILES string of the molecule is C=C(C)C1CCC2(CNCCCn3c(O)ccc3O)CCC3(C)C(CCC4C5(C)CC=C(c6ccc(C(=O)O)cc6)C(C)(C)C5CCC43C)C12. The molecule has 1 aromatic carbocycles. The Morgan fingerprint density at radius 3 is 2.24 bits per heavy atom. The molecule has 4 saturated carbocycles. The Kier molecular flexibility index (Phi) is 8.72. The molecule has 0 spiro atoms. The van der Waals surface area contributed by atoms with Gasteiger partial charge in [-0.3, -0.25) is 4.57 Å². The van der Waals surface area contributed by atoms with Crippen LogP contribution in [0, 0.1) is 56.7 Å². The number of carboxylic acids is 1. The number of rotatable bonds is 9. The van der Waals surface area contributed by atoms with Gasteiger partial charge >= 0.3 is 5.97 Å². The molecule has 2 aromatic rings. The van der Waals surface area contributed by atoms with Gasteiger partial charge in [0.1, 0.15) is 0 Å². The molecule has 5 aliphatic carbocycles. The van der Waals surface area contributed by atoms with Crippen LogP contribution in [0.1, 0.15) is 122 Å². The Labute approximate surface area is 300 Å². The van der Waals surface area contributed by atoms with Gasteiger partial charge in [-0.2, -0.15) is 0 Å². The second-order valence-electron chi connectivity index (χ2n) is 18.7. The molecule has 272 valence electrons. The van der Waals surface area contributed by atoms with Gasteiger partial charge in [0.15, 0.2) is 11.8 Å². The van der Waals surface area contributed by atoms with Gasteiger partial charge < -0.3 is 20.6 Å². The lowest BCUT2D eigenvalue weighted by molar-refractivity contribution is -0.225. The van der Waals surface area contributed by atoms with E-state index in [4.69, 9.17) is 0 Å². The van der Waals surface area contributed by atoms with E-state index < -0.39 is 5.97 Å². The number of benzene rings is 1. The van der Waals surface area contributed by atoms with Gasteiger partial charge in [0.25, 0.3) is 0 Å². The highest BCUT2D eigenvalue weighted by Gasteiger charge is 2.70. The maximum Gasteiger partial charge on any atom is 0.335 e.